The maximum atomic E-state index is 11.7. The topological polar surface area (TPSA) is 63.5 Å². The molecule has 3 heterocycles. The Morgan fingerprint density at radius 2 is 2.28 bits per heavy atom. The van der Waals surface area contributed by atoms with Crippen molar-refractivity contribution in [3.63, 3.8) is 0 Å². The first-order valence-corrected chi connectivity index (χ1v) is 7.76. The van der Waals surface area contributed by atoms with E-state index in [1.165, 1.54) is 0 Å². The zero-order chi connectivity index (χ0) is 12.8. The molecule has 1 aliphatic heterocycles. The summed E-state index contributed by atoms with van der Waals surface area (Å²) >= 11 is 0. The Hall–Kier alpha value is -1.40. The molecule has 0 amide bonds. The van der Waals surface area contributed by atoms with Crippen LogP contribution in [-0.4, -0.2) is 35.9 Å². The molecule has 3 rings (SSSR count). The van der Waals surface area contributed by atoms with Gasteiger partial charge in [0.2, 0.25) is 0 Å². The molecule has 2 aromatic rings. The van der Waals surface area contributed by atoms with E-state index >= 15 is 0 Å². The third-order valence-corrected chi connectivity index (χ3v) is 4.98. The summed E-state index contributed by atoms with van der Waals surface area (Å²) in [4.78, 5) is 4.38. The molecule has 1 unspecified atom stereocenters. The van der Waals surface area contributed by atoms with E-state index in [1.54, 1.807) is 6.20 Å². The summed E-state index contributed by atoms with van der Waals surface area (Å²) < 4.78 is 25.4. The lowest BCUT2D eigenvalue weighted by Crippen LogP contribution is -2.40. The molecular formula is C12H15N3O2S. The van der Waals surface area contributed by atoms with Crippen molar-refractivity contribution >= 4 is 15.4 Å². The van der Waals surface area contributed by atoms with Gasteiger partial charge in [0.05, 0.1) is 29.3 Å². The smallest absolute Gasteiger partial charge is 0.153 e. The summed E-state index contributed by atoms with van der Waals surface area (Å²) in [5.74, 6) is 1.12. The zero-order valence-electron chi connectivity index (χ0n) is 10.1. The lowest BCUT2D eigenvalue weighted by molar-refractivity contribution is 0.513. The van der Waals surface area contributed by atoms with E-state index in [1.807, 2.05) is 29.5 Å². The number of pyridine rings is 1. The number of sulfone groups is 1. The molecule has 2 aromatic heterocycles. The standard InChI is InChI=1S/C12H15N3O2S/c1-9-3-2-4-10-7-14-12(15(9)10)11-8-18(16,17)6-5-13-11/h2-4,7,11,13H,5-6,8H2,1H3. The Bertz CT molecular complexity index is 690. The summed E-state index contributed by atoms with van der Waals surface area (Å²) in [5.41, 5.74) is 2.06. The van der Waals surface area contributed by atoms with Crippen molar-refractivity contribution in [2.45, 2.75) is 13.0 Å². The predicted octanol–water partition coefficient (Wildman–Crippen LogP) is 0.702. The SMILES string of the molecule is Cc1cccc2cnc(C3CS(=O)(=O)CCN3)n12. The van der Waals surface area contributed by atoms with E-state index in [0.717, 1.165) is 17.0 Å². The van der Waals surface area contributed by atoms with Gasteiger partial charge < -0.3 is 5.32 Å². The van der Waals surface area contributed by atoms with Crippen molar-refractivity contribution in [1.29, 1.82) is 0 Å². The number of hydrogen-bond acceptors (Lipinski definition) is 4. The van der Waals surface area contributed by atoms with Crippen molar-refractivity contribution in [2.24, 2.45) is 0 Å². The molecule has 0 radical (unpaired) electrons. The number of aryl methyl sites for hydroxylation is 1. The molecule has 0 aliphatic carbocycles. The van der Waals surface area contributed by atoms with E-state index in [4.69, 9.17) is 0 Å². The third kappa shape index (κ3) is 1.91. The number of imidazole rings is 1. The summed E-state index contributed by atoms with van der Waals surface area (Å²) in [6.07, 6.45) is 1.78. The van der Waals surface area contributed by atoms with Gasteiger partial charge in [-0.25, -0.2) is 13.4 Å². The van der Waals surface area contributed by atoms with Crippen LogP contribution in [0.3, 0.4) is 0 Å². The first kappa shape index (κ1) is 11.7. The van der Waals surface area contributed by atoms with Gasteiger partial charge in [0.1, 0.15) is 5.82 Å². The highest BCUT2D eigenvalue weighted by molar-refractivity contribution is 7.91. The largest absolute Gasteiger partial charge is 0.305 e. The average Bonchev–Trinajstić information content (AvgIpc) is 2.73. The Labute approximate surface area is 106 Å². The second kappa shape index (κ2) is 4.07. The van der Waals surface area contributed by atoms with E-state index in [2.05, 4.69) is 10.3 Å². The molecule has 96 valence electrons. The number of nitrogens with one attached hydrogen (secondary N) is 1. The highest BCUT2D eigenvalue weighted by Gasteiger charge is 2.28. The normalized spacial score (nSPS) is 23.3. The molecule has 1 aliphatic rings. The van der Waals surface area contributed by atoms with Gasteiger partial charge in [0.15, 0.2) is 9.84 Å². The molecule has 1 fully saturated rings. The van der Waals surface area contributed by atoms with Crippen LogP contribution in [0.25, 0.3) is 5.52 Å². The number of aromatic nitrogens is 2. The van der Waals surface area contributed by atoms with Crippen LogP contribution in [0.2, 0.25) is 0 Å². The highest BCUT2D eigenvalue weighted by Crippen LogP contribution is 2.20. The maximum Gasteiger partial charge on any atom is 0.153 e. The van der Waals surface area contributed by atoms with E-state index in [0.29, 0.717) is 6.54 Å². The Morgan fingerprint density at radius 1 is 1.44 bits per heavy atom. The molecule has 0 spiro atoms. The van der Waals surface area contributed by atoms with Crippen molar-refractivity contribution in [3.05, 3.63) is 35.9 Å². The summed E-state index contributed by atoms with van der Waals surface area (Å²) in [7, 11) is -2.96. The first-order chi connectivity index (χ1) is 8.57. The average molecular weight is 265 g/mol. The monoisotopic (exact) mass is 265 g/mol. The number of hydrogen-bond donors (Lipinski definition) is 1. The number of fused-ring (bicyclic) bond motifs is 1. The fourth-order valence-corrected chi connectivity index (χ4v) is 3.81. The molecular weight excluding hydrogens is 250 g/mol. The quantitative estimate of drug-likeness (QED) is 0.824. The van der Waals surface area contributed by atoms with Gasteiger partial charge >= 0.3 is 0 Å². The molecule has 0 aromatic carbocycles. The lowest BCUT2D eigenvalue weighted by atomic mass is 10.3. The molecule has 6 heteroatoms. The fourth-order valence-electron chi connectivity index (χ4n) is 2.44. The van der Waals surface area contributed by atoms with E-state index in [-0.39, 0.29) is 17.5 Å². The maximum absolute atomic E-state index is 11.7. The second-order valence-corrected chi connectivity index (χ2v) is 6.89. The van der Waals surface area contributed by atoms with Gasteiger partial charge in [0.25, 0.3) is 0 Å². The molecule has 5 nitrogen and oxygen atoms in total. The van der Waals surface area contributed by atoms with E-state index in [9.17, 15) is 8.42 Å². The Balaban J connectivity index is 2.09. The minimum absolute atomic E-state index is 0.125. The van der Waals surface area contributed by atoms with Crippen LogP contribution >= 0.6 is 0 Å². The van der Waals surface area contributed by atoms with Gasteiger partial charge in [0, 0.05) is 12.2 Å². The number of nitrogens with zero attached hydrogens (tertiary/aromatic N) is 2. The van der Waals surface area contributed by atoms with Crippen LogP contribution in [0.1, 0.15) is 17.6 Å². The van der Waals surface area contributed by atoms with Gasteiger partial charge in [-0.1, -0.05) is 6.07 Å². The minimum atomic E-state index is -2.96. The highest BCUT2D eigenvalue weighted by atomic mass is 32.2. The third-order valence-electron chi connectivity index (χ3n) is 3.31. The van der Waals surface area contributed by atoms with Crippen molar-refractivity contribution in [2.75, 3.05) is 18.1 Å². The summed E-state index contributed by atoms with van der Waals surface area (Å²) in [6, 6.07) is 5.73. The minimum Gasteiger partial charge on any atom is -0.305 e. The second-order valence-electron chi connectivity index (χ2n) is 4.66. The van der Waals surface area contributed by atoms with Gasteiger partial charge in [-0.2, -0.15) is 0 Å². The van der Waals surface area contributed by atoms with Crippen LogP contribution in [0.15, 0.2) is 24.4 Å². The molecule has 1 N–H and O–H groups in total. The molecule has 18 heavy (non-hydrogen) atoms. The summed E-state index contributed by atoms with van der Waals surface area (Å²) in [5, 5.41) is 3.23. The summed E-state index contributed by atoms with van der Waals surface area (Å²) in [6.45, 7) is 2.49. The fraction of sp³-hybridized carbons (Fsp3) is 0.417. The molecule has 1 atom stereocenters. The molecule has 1 saturated heterocycles. The van der Waals surface area contributed by atoms with Crippen molar-refractivity contribution in [1.82, 2.24) is 14.7 Å². The van der Waals surface area contributed by atoms with E-state index < -0.39 is 9.84 Å². The van der Waals surface area contributed by atoms with Crippen LogP contribution in [0, 0.1) is 6.92 Å². The predicted molar refractivity (Wildman–Crippen MR) is 69.3 cm³/mol. The Kier molecular flexibility index (Phi) is 2.64. The van der Waals surface area contributed by atoms with Gasteiger partial charge in [-0.15, -0.1) is 0 Å². The first-order valence-electron chi connectivity index (χ1n) is 5.94. The lowest BCUT2D eigenvalue weighted by Gasteiger charge is -2.23. The van der Waals surface area contributed by atoms with Crippen LogP contribution in [0.4, 0.5) is 0 Å². The number of rotatable bonds is 1. The van der Waals surface area contributed by atoms with Crippen LogP contribution < -0.4 is 5.32 Å². The van der Waals surface area contributed by atoms with Gasteiger partial charge in [-0.3, -0.25) is 4.40 Å². The molecule has 0 saturated carbocycles. The zero-order valence-corrected chi connectivity index (χ0v) is 10.9. The Morgan fingerprint density at radius 3 is 3.06 bits per heavy atom. The van der Waals surface area contributed by atoms with Crippen molar-refractivity contribution < 1.29 is 8.42 Å². The van der Waals surface area contributed by atoms with Crippen LogP contribution in [-0.2, 0) is 9.84 Å². The van der Waals surface area contributed by atoms with Crippen LogP contribution in [0.5, 0.6) is 0 Å². The van der Waals surface area contributed by atoms with Gasteiger partial charge in [-0.05, 0) is 19.1 Å². The molecule has 0 bridgehead atoms. The van der Waals surface area contributed by atoms with Crippen molar-refractivity contribution in [3.8, 4) is 0 Å².